The number of nitrogens with zero attached hydrogens (tertiary/aromatic N) is 1. The lowest BCUT2D eigenvalue weighted by Crippen LogP contribution is -2.50. The first-order valence-corrected chi connectivity index (χ1v) is 6.13. The predicted octanol–water partition coefficient (Wildman–Crippen LogP) is 0.299. The molecule has 1 aliphatic heterocycles. The highest BCUT2D eigenvalue weighted by molar-refractivity contribution is 5.81. The number of hydrogen-bond acceptors (Lipinski definition) is 3. The number of urea groups is 1. The first-order chi connectivity index (χ1) is 9.49. The van der Waals surface area contributed by atoms with Gasteiger partial charge in [0, 0.05) is 25.6 Å². The standard InChI is InChI=1S/C11H16F3N3O4/c1-6(4-7(15)18)16-9(21)17-3-2-10(5-17,8(19)20)11(12,13)14/h6H,2-5H2,1H3,(H2,15,18)(H,16,21)(H,19,20). The van der Waals surface area contributed by atoms with Gasteiger partial charge in [-0.2, -0.15) is 13.2 Å². The molecule has 7 nitrogen and oxygen atoms in total. The molecule has 0 aromatic heterocycles. The van der Waals surface area contributed by atoms with Crippen molar-refractivity contribution in [2.24, 2.45) is 11.1 Å². The molecule has 3 amide bonds. The molecule has 2 atom stereocenters. The fraction of sp³-hybridized carbons (Fsp3) is 0.727. The van der Waals surface area contributed by atoms with Crippen LogP contribution < -0.4 is 11.1 Å². The molecule has 1 saturated heterocycles. The van der Waals surface area contributed by atoms with Gasteiger partial charge in [0.1, 0.15) is 0 Å². The summed E-state index contributed by atoms with van der Waals surface area (Å²) in [5.41, 5.74) is 1.98. The molecule has 1 fully saturated rings. The number of nitrogens with one attached hydrogen (secondary N) is 1. The molecule has 0 aromatic carbocycles. The van der Waals surface area contributed by atoms with Gasteiger partial charge in [0.05, 0.1) is 0 Å². The lowest BCUT2D eigenvalue weighted by Gasteiger charge is -2.27. The molecule has 0 aromatic rings. The monoisotopic (exact) mass is 311 g/mol. The molecule has 2 unspecified atom stereocenters. The second kappa shape index (κ2) is 5.78. The molecule has 0 radical (unpaired) electrons. The maximum atomic E-state index is 12.9. The highest BCUT2D eigenvalue weighted by Crippen LogP contribution is 2.45. The first-order valence-electron chi connectivity index (χ1n) is 6.13. The highest BCUT2D eigenvalue weighted by Gasteiger charge is 2.64. The van der Waals surface area contributed by atoms with Crippen molar-refractivity contribution in [2.45, 2.75) is 32.0 Å². The van der Waals surface area contributed by atoms with Crippen LogP contribution in [0, 0.1) is 5.41 Å². The molecule has 0 aliphatic carbocycles. The Balaban J connectivity index is 2.75. The van der Waals surface area contributed by atoms with Gasteiger partial charge in [0.15, 0.2) is 5.41 Å². The zero-order valence-electron chi connectivity index (χ0n) is 11.2. The summed E-state index contributed by atoms with van der Waals surface area (Å²) in [7, 11) is 0. The smallest absolute Gasteiger partial charge is 0.406 e. The van der Waals surface area contributed by atoms with Crippen molar-refractivity contribution >= 4 is 17.9 Å². The summed E-state index contributed by atoms with van der Waals surface area (Å²) >= 11 is 0. The molecular formula is C11H16F3N3O4. The van der Waals surface area contributed by atoms with E-state index in [9.17, 15) is 27.6 Å². The van der Waals surface area contributed by atoms with Crippen molar-refractivity contribution in [3.05, 3.63) is 0 Å². The minimum absolute atomic E-state index is 0.164. The Labute approximate surface area is 118 Å². The fourth-order valence-electron chi connectivity index (χ4n) is 2.17. The van der Waals surface area contributed by atoms with Crippen molar-refractivity contribution in [2.75, 3.05) is 13.1 Å². The van der Waals surface area contributed by atoms with Gasteiger partial charge in [-0.1, -0.05) is 0 Å². The topological polar surface area (TPSA) is 113 Å². The number of carboxylic acid groups (broad SMARTS) is 1. The lowest BCUT2D eigenvalue weighted by atomic mass is 9.86. The van der Waals surface area contributed by atoms with E-state index in [-0.39, 0.29) is 13.0 Å². The van der Waals surface area contributed by atoms with Gasteiger partial charge in [-0.3, -0.25) is 9.59 Å². The van der Waals surface area contributed by atoms with Gasteiger partial charge in [-0.15, -0.1) is 0 Å². The summed E-state index contributed by atoms with van der Waals surface area (Å²) in [6, 6.07) is -1.50. The highest BCUT2D eigenvalue weighted by atomic mass is 19.4. The van der Waals surface area contributed by atoms with Crippen molar-refractivity contribution < 1.29 is 32.7 Å². The number of carbonyl (C=O) groups excluding carboxylic acids is 2. The molecule has 0 bridgehead atoms. The maximum Gasteiger partial charge on any atom is 0.406 e. The minimum atomic E-state index is -4.95. The third-order valence-corrected chi connectivity index (χ3v) is 3.39. The van der Waals surface area contributed by atoms with E-state index in [4.69, 9.17) is 10.8 Å². The SMILES string of the molecule is CC(CC(N)=O)NC(=O)N1CCC(C(=O)O)(C(F)(F)F)C1. The van der Waals surface area contributed by atoms with Crippen LogP contribution >= 0.6 is 0 Å². The number of primary amides is 1. The predicted molar refractivity (Wildman–Crippen MR) is 64.1 cm³/mol. The summed E-state index contributed by atoms with van der Waals surface area (Å²) in [5.74, 6) is -2.67. The van der Waals surface area contributed by atoms with E-state index in [0.29, 0.717) is 0 Å². The number of rotatable bonds is 4. The number of halogens is 3. The van der Waals surface area contributed by atoms with Gasteiger partial charge in [-0.25, -0.2) is 4.79 Å². The Bertz CT molecular complexity index is 454. The third kappa shape index (κ3) is 3.56. The number of hydrogen-bond donors (Lipinski definition) is 3. The largest absolute Gasteiger partial charge is 0.481 e. The first kappa shape index (κ1) is 17.1. The summed E-state index contributed by atoms with van der Waals surface area (Å²) in [5, 5.41) is 11.2. The van der Waals surface area contributed by atoms with Crippen molar-refractivity contribution in [3.63, 3.8) is 0 Å². The molecule has 1 heterocycles. The Hall–Kier alpha value is -2.00. The Kier molecular flexibility index (Phi) is 4.69. The van der Waals surface area contributed by atoms with E-state index in [1.165, 1.54) is 6.92 Å². The van der Waals surface area contributed by atoms with Crippen LogP contribution in [-0.2, 0) is 9.59 Å². The lowest BCUT2D eigenvalue weighted by molar-refractivity contribution is -0.227. The number of alkyl halides is 3. The molecule has 10 heteroatoms. The van der Waals surface area contributed by atoms with Gasteiger partial charge >= 0.3 is 18.2 Å². The second-order valence-electron chi connectivity index (χ2n) is 5.08. The van der Waals surface area contributed by atoms with E-state index >= 15 is 0 Å². The van der Waals surface area contributed by atoms with Crippen LogP contribution in [0.25, 0.3) is 0 Å². The van der Waals surface area contributed by atoms with Gasteiger partial charge in [0.2, 0.25) is 5.91 Å². The number of amides is 3. The van der Waals surface area contributed by atoms with Crippen molar-refractivity contribution in [1.82, 2.24) is 10.2 Å². The summed E-state index contributed by atoms with van der Waals surface area (Å²) in [6.07, 6.45) is -5.82. The van der Waals surface area contributed by atoms with Gasteiger partial charge in [-0.05, 0) is 13.3 Å². The Morgan fingerprint density at radius 1 is 1.43 bits per heavy atom. The van der Waals surface area contributed by atoms with Crippen molar-refractivity contribution in [1.29, 1.82) is 0 Å². The summed E-state index contributed by atoms with van der Waals surface area (Å²) < 4.78 is 38.8. The minimum Gasteiger partial charge on any atom is -0.481 e. The number of nitrogens with two attached hydrogens (primary N) is 1. The van der Waals surface area contributed by atoms with E-state index in [1.807, 2.05) is 0 Å². The van der Waals surface area contributed by atoms with E-state index in [2.05, 4.69) is 5.32 Å². The zero-order chi connectivity index (χ0) is 16.4. The Morgan fingerprint density at radius 3 is 2.38 bits per heavy atom. The fourth-order valence-corrected chi connectivity index (χ4v) is 2.17. The molecule has 1 aliphatic rings. The molecular weight excluding hydrogens is 295 g/mol. The molecule has 1 rings (SSSR count). The van der Waals surface area contributed by atoms with Crippen LogP contribution in [0.15, 0.2) is 0 Å². The van der Waals surface area contributed by atoms with Gasteiger partial charge < -0.3 is 21.1 Å². The van der Waals surface area contributed by atoms with Crippen LogP contribution in [0.5, 0.6) is 0 Å². The number of carbonyl (C=O) groups is 3. The van der Waals surface area contributed by atoms with Crippen LogP contribution in [0.2, 0.25) is 0 Å². The average Bonchev–Trinajstić information content (AvgIpc) is 2.72. The summed E-state index contributed by atoms with van der Waals surface area (Å²) in [4.78, 5) is 34.2. The van der Waals surface area contributed by atoms with E-state index in [1.54, 1.807) is 0 Å². The second-order valence-corrected chi connectivity index (χ2v) is 5.08. The molecule has 120 valence electrons. The molecule has 21 heavy (non-hydrogen) atoms. The van der Waals surface area contributed by atoms with Gasteiger partial charge in [0.25, 0.3) is 0 Å². The zero-order valence-corrected chi connectivity index (χ0v) is 11.2. The van der Waals surface area contributed by atoms with Crippen LogP contribution in [0.4, 0.5) is 18.0 Å². The number of carboxylic acids is 1. The van der Waals surface area contributed by atoms with Crippen LogP contribution in [0.3, 0.4) is 0 Å². The molecule has 0 spiro atoms. The maximum absolute atomic E-state index is 12.9. The Morgan fingerprint density at radius 2 is 2.00 bits per heavy atom. The normalized spacial score (nSPS) is 23.7. The molecule has 4 N–H and O–H groups in total. The van der Waals surface area contributed by atoms with E-state index in [0.717, 1.165) is 4.90 Å². The van der Waals surface area contributed by atoms with Crippen LogP contribution in [-0.4, -0.2) is 53.2 Å². The quantitative estimate of drug-likeness (QED) is 0.693. The van der Waals surface area contributed by atoms with Crippen molar-refractivity contribution in [3.8, 4) is 0 Å². The third-order valence-electron chi connectivity index (χ3n) is 3.39. The number of likely N-dealkylation sites (tertiary alicyclic amines) is 1. The number of aliphatic carboxylic acids is 1. The average molecular weight is 311 g/mol. The van der Waals surface area contributed by atoms with Crippen LogP contribution in [0.1, 0.15) is 19.8 Å². The summed E-state index contributed by atoms with van der Waals surface area (Å²) in [6.45, 7) is 0.175. The molecule has 0 saturated carbocycles. The van der Waals surface area contributed by atoms with E-state index < -0.39 is 48.5 Å².